The number of ether oxygens (including phenoxy) is 1. The van der Waals surface area contributed by atoms with Crippen LogP contribution in [0.3, 0.4) is 0 Å². The van der Waals surface area contributed by atoms with Gasteiger partial charge < -0.3 is 19.9 Å². The van der Waals surface area contributed by atoms with Crippen molar-refractivity contribution in [3.63, 3.8) is 0 Å². The van der Waals surface area contributed by atoms with Crippen molar-refractivity contribution in [2.75, 3.05) is 23.8 Å². The van der Waals surface area contributed by atoms with Crippen molar-refractivity contribution in [3.05, 3.63) is 53.6 Å². The monoisotopic (exact) mass is 452 g/mol. The number of carbonyl (C=O) groups excluding carboxylic acids is 1. The van der Waals surface area contributed by atoms with Gasteiger partial charge in [0.1, 0.15) is 24.1 Å². The number of hydrogen-bond acceptors (Lipinski definition) is 6. The van der Waals surface area contributed by atoms with E-state index in [0.29, 0.717) is 19.0 Å². The molecule has 4 heterocycles. The summed E-state index contributed by atoms with van der Waals surface area (Å²) in [7, 11) is 0. The third-order valence-electron chi connectivity index (χ3n) is 6.17. The van der Waals surface area contributed by atoms with Crippen LogP contribution in [0.25, 0.3) is 21.8 Å². The minimum absolute atomic E-state index is 0.0308. The van der Waals surface area contributed by atoms with Crippen LogP contribution in [-0.2, 0) is 22.7 Å². The van der Waals surface area contributed by atoms with Crippen LogP contribution in [-0.4, -0.2) is 38.6 Å². The van der Waals surface area contributed by atoms with Gasteiger partial charge in [-0.25, -0.2) is 15.0 Å². The number of nitrogens with one attached hydrogen (secondary N) is 2. The first-order valence-corrected chi connectivity index (χ1v) is 11.6. The zero-order valence-corrected chi connectivity index (χ0v) is 18.9. The molecule has 1 aliphatic carbocycles. The molecule has 8 nitrogen and oxygen atoms in total. The average molecular weight is 453 g/mol. The van der Waals surface area contributed by atoms with Gasteiger partial charge in [-0.15, -0.1) is 0 Å². The second-order valence-electron chi connectivity index (χ2n) is 8.62. The number of fused-ring (bicyclic) bond motifs is 4. The Morgan fingerprint density at radius 2 is 2.09 bits per heavy atom. The van der Waals surface area contributed by atoms with E-state index in [2.05, 4.69) is 48.1 Å². The molecule has 6 rings (SSSR count). The smallest absolute Gasteiger partial charge is 0.228 e. The molecule has 4 aromatic rings. The Morgan fingerprint density at radius 3 is 2.94 bits per heavy atom. The number of benzene rings is 1. The maximum absolute atomic E-state index is 12.2. The minimum Gasteiger partial charge on any atom is -0.372 e. The molecule has 0 radical (unpaired) electrons. The largest absolute Gasteiger partial charge is 0.372 e. The van der Waals surface area contributed by atoms with Gasteiger partial charge in [-0.2, -0.15) is 0 Å². The lowest BCUT2D eigenvalue weighted by atomic mass is 10.1. The van der Waals surface area contributed by atoms with Crippen LogP contribution in [0.5, 0.6) is 0 Å². The highest BCUT2D eigenvalue weighted by molar-refractivity contribution is 5.99. The fourth-order valence-electron chi connectivity index (χ4n) is 4.25. The third-order valence-corrected chi connectivity index (χ3v) is 6.17. The molecule has 1 amide bonds. The molecule has 0 saturated heterocycles. The average Bonchev–Trinajstić information content (AvgIpc) is 3.65. The number of anilines is 2. The number of hydrogen-bond donors (Lipinski definition) is 2. The van der Waals surface area contributed by atoms with E-state index in [1.807, 2.05) is 25.1 Å². The molecule has 8 heteroatoms. The summed E-state index contributed by atoms with van der Waals surface area (Å²) >= 11 is 0. The molecule has 2 N–H and O–H groups in total. The summed E-state index contributed by atoms with van der Waals surface area (Å²) in [5.41, 5.74) is 3.71. The van der Waals surface area contributed by atoms with E-state index in [4.69, 9.17) is 4.74 Å². The van der Waals surface area contributed by atoms with Crippen LogP contribution in [0, 0.1) is 17.8 Å². The summed E-state index contributed by atoms with van der Waals surface area (Å²) in [6, 6.07) is 7.96. The first-order valence-electron chi connectivity index (χ1n) is 11.6. The quantitative estimate of drug-likeness (QED) is 0.459. The Balaban J connectivity index is 1.39. The minimum atomic E-state index is 0.0308. The maximum atomic E-state index is 12.2. The number of amides is 1. The number of pyridine rings is 2. The van der Waals surface area contributed by atoms with Crippen LogP contribution in [0.15, 0.2) is 36.7 Å². The van der Waals surface area contributed by atoms with Crippen molar-refractivity contribution in [2.45, 2.75) is 32.9 Å². The molecule has 34 heavy (non-hydrogen) atoms. The maximum Gasteiger partial charge on any atom is 0.228 e. The van der Waals surface area contributed by atoms with E-state index in [-0.39, 0.29) is 11.8 Å². The summed E-state index contributed by atoms with van der Waals surface area (Å²) in [6.45, 7) is 4.80. The van der Waals surface area contributed by atoms with Gasteiger partial charge in [0, 0.05) is 47.7 Å². The van der Waals surface area contributed by atoms with Crippen LogP contribution in [0.4, 0.5) is 11.6 Å². The van der Waals surface area contributed by atoms with Crippen LogP contribution in [0.1, 0.15) is 36.7 Å². The second-order valence-corrected chi connectivity index (χ2v) is 8.62. The van der Waals surface area contributed by atoms with Crippen LogP contribution in [0.2, 0.25) is 0 Å². The summed E-state index contributed by atoms with van der Waals surface area (Å²) < 4.78 is 7.73. The lowest BCUT2D eigenvalue weighted by Gasteiger charge is -2.14. The second kappa shape index (κ2) is 8.43. The number of rotatable bonds is 4. The SMILES string of the molecule is CCNc1ncc(C#Cc2ccc3nc4n(c3c2)CCOC4)c2cc(NC(=O)C3CC3)ncc12. The van der Waals surface area contributed by atoms with Crippen LogP contribution >= 0.6 is 0 Å². The highest BCUT2D eigenvalue weighted by atomic mass is 16.5. The first-order chi connectivity index (χ1) is 16.7. The van der Waals surface area contributed by atoms with Gasteiger partial charge >= 0.3 is 0 Å². The Morgan fingerprint density at radius 1 is 1.18 bits per heavy atom. The van der Waals surface area contributed by atoms with Gasteiger partial charge in [0.2, 0.25) is 5.91 Å². The molecule has 1 saturated carbocycles. The Kier molecular flexibility index (Phi) is 5.12. The zero-order chi connectivity index (χ0) is 23.1. The summed E-state index contributed by atoms with van der Waals surface area (Å²) in [5.74, 6) is 8.97. The number of carbonyl (C=O) groups is 1. The van der Waals surface area contributed by atoms with Gasteiger partial charge in [0.25, 0.3) is 0 Å². The van der Waals surface area contributed by atoms with Crippen molar-refractivity contribution in [2.24, 2.45) is 5.92 Å². The highest BCUT2D eigenvalue weighted by Gasteiger charge is 2.29. The van der Waals surface area contributed by atoms with Crippen molar-refractivity contribution in [3.8, 4) is 11.8 Å². The standard InChI is InChI=1S/C26H24N6O2/c1-2-27-25-20-14-28-23(31-26(33)17-6-7-17)12-19(20)18(13-29-25)5-3-16-4-8-21-22(11-16)32-9-10-34-15-24(32)30-21/h4,8,11-14,17H,2,6-7,9-10,15H2,1H3,(H,27,29)(H,28,31,33). The van der Waals surface area contributed by atoms with Crippen molar-refractivity contribution >= 4 is 39.3 Å². The van der Waals surface area contributed by atoms with E-state index < -0.39 is 0 Å². The van der Waals surface area contributed by atoms with Crippen molar-refractivity contribution in [1.82, 2.24) is 19.5 Å². The van der Waals surface area contributed by atoms with Gasteiger partial charge in [-0.1, -0.05) is 11.8 Å². The van der Waals surface area contributed by atoms with E-state index in [1.54, 1.807) is 12.4 Å². The number of nitrogens with zero attached hydrogens (tertiary/aromatic N) is 4. The number of imidazole rings is 1. The molecule has 1 aromatic carbocycles. The van der Waals surface area contributed by atoms with E-state index in [0.717, 1.165) is 70.5 Å². The van der Waals surface area contributed by atoms with Gasteiger partial charge in [-0.05, 0) is 44.0 Å². The van der Waals surface area contributed by atoms with Crippen LogP contribution < -0.4 is 10.6 Å². The van der Waals surface area contributed by atoms with Gasteiger partial charge in [0.15, 0.2) is 0 Å². The topological polar surface area (TPSA) is 94.0 Å². The Bertz CT molecular complexity index is 1490. The predicted octanol–water partition coefficient (Wildman–Crippen LogP) is 3.69. The molecule has 0 spiro atoms. The van der Waals surface area contributed by atoms with Gasteiger partial charge in [0.05, 0.1) is 23.2 Å². The molecular formula is C26H24N6O2. The summed E-state index contributed by atoms with van der Waals surface area (Å²) in [4.78, 5) is 25.9. The summed E-state index contributed by atoms with van der Waals surface area (Å²) in [5, 5.41) is 7.99. The van der Waals surface area contributed by atoms with E-state index in [9.17, 15) is 4.79 Å². The molecule has 3 aromatic heterocycles. The normalized spacial score (nSPS) is 15.0. The van der Waals surface area contributed by atoms with E-state index in [1.165, 1.54) is 0 Å². The first kappa shape index (κ1) is 20.6. The molecule has 0 atom stereocenters. The fourth-order valence-corrected chi connectivity index (χ4v) is 4.25. The Labute approximate surface area is 196 Å². The summed E-state index contributed by atoms with van der Waals surface area (Å²) in [6.07, 6.45) is 5.42. The highest BCUT2D eigenvalue weighted by Crippen LogP contribution is 2.31. The molecule has 1 fully saturated rings. The molecular weight excluding hydrogens is 428 g/mol. The lowest BCUT2D eigenvalue weighted by Crippen LogP contribution is -2.16. The molecule has 1 aliphatic heterocycles. The zero-order valence-electron chi connectivity index (χ0n) is 18.9. The predicted molar refractivity (Wildman–Crippen MR) is 130 cm³/mol. The van der Waals surface area contributed by atoms with E-state index >= 15 is 0 Å². The molecule has 2 aliphatic rings. The van der Waals surface area contributed by atoms with Crippen molar-refractivity contribution < 1.29 is 9.53 Å². The van der Waals surface area contributed by atoms with Gasteiger partial charge in [-0.3, -0.25) is 4.79 Å². The number of aromatic nitrogens is 4. The molecule has 0 unspecified atom stereocenters. The fraction of sp³-hybridized carbons (Fsp3) is 0.308. The molecule has 0 bridgehead atoms. The third kappa shape index (κ3) is 3.84. The molecule has 170 valence electrons. The Hall–Kier alpha value is -3.96. The lowest BCUT2D eigenvalue weighted by molar-refractivity contribution is -0.117. The van der Waals surface area contributed by atoms with Crippen molar-refractivity contribution in [1.29, 1.82) is 0 Å².